The third-order valence-electron chi connectivity index (χ3n) is 13.2. The average molecular weight is 945 g/mol. The van der Waals surface area contributed by atoms with Gasteiger partial charge in [-0.15, -0.1) is 0 Å². The minimum Gasteiger partial charge on any atom is -0.493 e. The largest absolute Gasteiger partial charge is 0.493 e. The van der Waals surface area contributed by atoms with E-state index in [0.29, 0.717) is 59.3 Å². The van der Waals surface area contributed by atoms with Crippen LogP contribution in [-0.2, 0) is 0 Å². The number of hydrogen-bond acceptors (Lipinski definition) is 9. The topological polar surface area (TPSA) is 96.9 Å². The molecule has 11 nitrogen and oxygen atoms in total. The number of methoxy groups -OCH3 is 4. The lowest BCUT2D eigenvalue weighted by Gasteiger charge is -2.31. The number of carbonyl (C=O) groups is 2. The molecule has 2 amide bonds. The number of ether oxygens (including phenoxy) is 4. The van der Waals surface area contributed by atoms with Crippen LogP contribution in [0.2, 0.25) is 0 Å². The molecule has 4 aromatic carbocycles. The van der Waals surface area contributed by atoms with E-state index in [0.717, 1.165) is 71.3 Å². The van der Waals surface area contributed by atoms with Gasteiger partial charge in [-0.2, -0.15) is 0 Å². The second-order valence-electron chi connectivity index (χ2n) is 17.7. The van der Waals surface area contributed by atoms with Gasteiger partial charge in [0, 0.05) is 83.2 Å². The van der Waals surface area contributed by atoms with Crippen molar-refractivity contribution >= 4 is 39.1 Å². The van der Waals surface area contributed by atoms with Gasteiger partial charge in [-0.3, -0.25) is 24.4 Å². The van der Waals surface area contributed by atoms with Crippen LogP contribution in [-0.4, -0.2) is 106 Å². The SMILES string of the molecule is COc1ccc(C(=O)N(C[C@@H]2CCCN2CC2CC2)c2cccc(-c3cccnc3)c2)cc1OC.COc1ccc(C(=O)N(C[C@@H]2CCCN2CC2CC2)c2cccc(Br)c2)cc1OC. The maximum atomic E-state index is 14.0. The second kappa shape index (κ2) is 21.7. The van der Waals surface area contributed by atoms with Crippen molar-refractivity contribution in [1.29, 1.82) is 0 Å². The minimum absolute atomic E-state index is 0.0210. The van der Waals surface area contributed by atoms with E-state index in [-0.39, 0.29) is 11.8 Å². The smallest absolute Gasteiger partial charge is 0.258 e. The summed E-state index contributed by atoms with van der Waals surface area (Å²) in [5.74, 6) is 3.98. The predicted octanol–water partition coefficient (Wildman–Crippen LogP) is 10.3. The molecular weight excluding hydrogens is 883 g/mol. The molecule has 9 rings (SSSR count). The van der Waals surface area contributed by atoms with Gasteiger partial charge in [-0.25, -0.2) is 0 Å². The number of pyridine rings is 1. The van der Waals surface area contributed by atoms with Crippen molar-refractivity contribution in [3.05, 3.63) is 125 Å². The molecule has 342 valence electrons. The number of halogens is 1. The van der Waals surface area contributed by atoms with Crippen molar-refractivity contribution in [2.24, 2.45) is 11.8 Å². The Bertz CT molecular complexity index is 2390. The molecule has 2 saturated carbocycles. The van der Waals surface area contributed by atoms with Crippen LogP contribution in [0.1, 0.15) is 72.1 Å². The van der Waals surface area contributed by atoms with Crippen LogP contribution in [0.25, 0.3) is 11.1 Å². The molecule has 3 heterocycles. The Morgan fingerprint density at radius 1 is 0.585 bits per heavy atom. The Kier molecular flexibility index (Phi) is 15.4. The molecule has 2 saturated heterocycles. The Morgan fingerprint density at radius 2 is 1.08 bits per heavy atom. The number of likely N-dealkylation sites (tertiary alicyclic amines) is 2. The van der Waals surface area contributed by atoms with Gasteiger partial charge in [0.1, 0.15) is 0 Å². The highest BCUT2D eigenvalue weighted by Crippen LogP contribution is 2.36. The molecule has 0 unspecified atom stereocenters. The average Bonchev–Trinajstić information content (AvgIpc) is 4.27. The normalized spacial score (nSPS) is 18.4. The summed E-state index contributed by atoms with van der Waals surface area (Å²) in [7, 11) is 6.38. The van der Waals surface area contributed by atoms with Crippen molar-refractivity contribution in [3.8, 4) is 34.1 Å². The molecule has 0 spiro atoms. The molecule has 2 atom stereocenters. The highest BCUT2D eigenvalue weighted by Gasteiger charge is 2.35. The molecule has 65 heavy (non-hydrogen) atoms. The molecular formula is C53H62BrN5O6. The molecule has 2 aliphatic carbocycles. The lowest BCUT2D eigenvalue weighted by atomic mass is 10.1. The minimum atomic E-state index is -0.0347. The van der Waals surface area contributed by atoms with Crippen molar-refractivity contribution < 1.29 is 28.5 Å². The van der Waals surface area contributed by atoms with Crippen LogP contribution in [0.4, 0.5) is 11.4 Å². The maximum Gasteiger partial charge on any atom is 0.258 e. The van der Waals surface area contributed by atoms with E-state index in [9.17, 15) is 9.59 Å². The van der Waals surface area contributed by atoms with E-state index in [1.54, 1.807) is 58.9 Å². The zero-order valence-corrected chi connectivity index (χ0v) is 39.8. The summed E-state index contributed by atoms with van der Waals surface area (Å²) in [5, 5.41) is 0. The fourth-order valence-electron chi connectivity index (χ4n) is 9.26. The Morgan fingerprint density at radius 3 is 1.54 bits per heavy atom. The molecule has 12 heteroatoms. The number of aromatic nitrogens is 1. The van der Waals surface area contributed by atoms with Crippen molar-refractivity contribution in [2.45, 2.75) is 63.5 Å². The second-order valence-corrected chi connectivity index (χ2v) is 18.6. The van der Waals surface area contributed by atoms with Crippen LogP contribution in [0.3, 0.4) is 0 Å². The van der Waals surface area contributed by atoms with E-state index in [2.05, 4.69) is 42.8 Å². The first-order valence-corrected chi connectivity index (χ1v) is 23.9. The third-order valence-corrected chi connectivity index (χ3v) is 13.7. The van der Waals surface area contributed by atoms with E-state index < -0.39 is 0 Å². The van der Waals surface area contributed by atoms with E-state index >= 15 is 0 Å². The van der Waals surface area contributed by atoms with Gasteiger partial charge in [0.15, 0.2) is 23.0 Å². The summed E-state index contributed by atoms with van der Waals surface area (Å²) >= 11 is 3.56. The summed E-state index contributed by atoms with van der Waals surface area (Å²) in [4.78, 5) is 40.9. The predicted molar refractivity (Wildman–Crippen MR) is 261 cm³/mol. The van der Waals surface area contributed by atoms with Crippen LogP contribution < -0.4 is 28.7 Å². The standard InChI is InChI=1S/C29H33N3O3.C24H29BrN2O3/c1-34-27-13-12-23(17-28(27)35-2)29(33)32(20-26-9-5-15-31(26)19-21-10-11-21)25-8-3-6-22(16-25)24-7-4-14-30-18-24;1-29-22-11-10-18(13-23(22)30-2)24(28)27(20-6-3-5-19(25)14-20)16-21-7-4-12-26(21)15-17-8-9-17/h3-4,6-8,12-14,16-18,21,26H,5,9-11,15,19-20H2,1-2H3;3,5-6,10-11,13-14,17,21H,4,7-9,12,15-16H2,1-2H3/t26-;21-/m00/s1. The van der Waals surface area contributed by atoms with E-state index in [1.165, 1.54) is 45.1 Å². The molecule has 0 bridgehead atoms. The van der Waals surface area contributed by atoms with Gasteiger partial charge in [0.05, 0.1) is 28.4 Å². The van der Waals surface area contributed by atoms with Crippen molar-refractivity contribution in [3.63, 3.8) is 0 Å². The van der Waals surface area contributed by atoms with Crippen molar-refractivity contribution in [2.75, 3.05) is 77.5 Å². The van der Waals surface area contributed by atoms with Gasteiger partial charge in [-0.1, -0.05) is 40.2 Å². The summed E-state index contributed by atoms with van der Waals surface area (Å²) in [6, 6.07) is 31.7. The number of carbonyl (C=O) groups excluding carboxylic acids is 2. The Labute approximate surface area is 392 Å². The molecule has 4 fully saturated rings. The maximum absolute atomic E-state index is 14.0. The molecule has 2 aliphatic heterocycles. The summed E-state index contributed by atoms with van der Waals surface area (Å²) in [5.41, 5.74) is 5.05. The zero-order valence-electron chi connectivity index (χ0n) is 38.2. The van der Waals surface area contributed by atoms with Crippen molar-refractivity contribution in [1.82, 2.24) is 14.8 Å². The molecule has 0 radical (unpaired) electrons. The monoisotopic (exact) mass is 943 g/mol. The van der Waals surface area contributed by atoms with Gasteiger partial charge in [0.2, 0.25) is 0 Å². The Hall–Kier alpha value is -5.43. The molecule has 5 aromatic rings. The first kappa shape index (κ1) is 46.1. The lowest BCUT2D eigenvalue weighted by Crippen LogP contribution is -2.44. The number of nitrogens with zero attached hydrogens (tertiary/aromatic N) is 5. The van der Waals surface area contributed by atoms with Gasteiger partial charge >= 0.3 is 0 Å². The van der Waals surface area contributed by atoms with E-state index in [1.807, 2.05) is 76.7 Å². The highest BCUT2D eigenvalue weighted by molar-refractivity contribution is 9.10. The number of benzene rings is 4. The summed E-state index contributed by atoms with van der Waals surface area (Å²) in [6.45, 7) is 5.93. The van der Waals surface area contributed by atoms with Gasteiger partial charge in [0.25, 0.3) is 11.8 Å². The molecule has 4 aliphatic rings. The highest BCUT2D eigenvalue weighted by atomic mass is 79.9. The van der Waals surface area contributed by atoms with Crippen LogP contribution in [0.5, 0.6) is 23.0 Å². The van der Waals surface area contributed by atoms with Gasteiger partial charge in [-0.05, 0) is 155 Å². The Balaban J connectivity index is 0.000000179. The summed E-state index contributed by atoms with van der Waals surface area (Å²) in [6.07, 6.45) is 13.6. The number of anilines is 2. The zero-order chi connectivity index (χ0) is 45.3. The first-order valence-electron chi connectivity index (χ1n) is 23.1. The van der Waals surface area contributed by atoms with Crippen LogP contribution in [0, 0.1) is 11.8 Å². The third kappa shape index (κ3) is 11.7. The van der Waals surface area contributed by atoms with E-state index in [4.69, 9.17) is 18.9 Å². The number of hydrogen-bond donors (Lipinski definition) is 0. The fraction of sp³-hybridized carbons (Fsp3) is 0.415. The summed E-state index contributed by atoms with van der Waals surface area (Å²) < 4.78 is 22.6. The fourth-order valence-corrected chi connectivity index (χ4v) is 9.65. The lowest BCUT2D eigenvalue weighted by molar-refractivity contribution is 0.0970. The van der Waals surface area contributed by atoms with Crippen LogP contribution >= 0.6 is 15.9 Å². The molecule has 0 N–H and O–H groups in total. The van der Waals surface area contributed by atoms with Gasteiger partial charge < -0.3 is 28.7 Å². The first-order chi connectivity index (χ1) is 31.7. The van der Waals surface area contributed by atoms with Crippen LogP contribution in [0.15, 0.2) is 114 Å². The number of amides is 2. The molecule has 1 aromatic heterocycles. The quantitative estimate of drug-likeness (QED) is 0.0903. The number of rotatable bonds is 17.